The number of nitrogens with zero attached hydrogens (tertiary/aromatic N) is 5. The third-order valence-corrected chi connectivity index (χ3v) is 5.35. The van der Waals surface area contributed by atoms with Crippen LogP contribution in [0.25, 0.3) is 5.82 Å². The SMILES string of the molecule is CC1(C)C[C@@H]2C[C@@](C)(CN2C(=O)c2ccc(-n3cnnc3)nc2)C1. The van der Waals surface area contributed by atoms with E-state index in [9.17, 15) is 4.79 Å². The highest BCUT2D eigenvalue weighted by molar-refractivity contribution is 5.94. The van der Waals surface area contributed by atoms with Crippen molar-refractivity contribution in [1.82, 2.24) is 24.6 Å². The van der Waals surface area contributed by atoms with Crippen LogP contribution in [0.1, 0.15) is 50.4 Å². The van der Waals surface area contributed by atoms with E-state index in [-0.39, 0.29) is 11.3 Å². The van der Waals surface area contributed by atoms with Gasteiger partial charge in [-0.3, -0.25) is 9.36 Å². The number of carbonyl (C=O) groups is 1. The van der Waals surface area contributed by atoms with Crippen LogP contribution in [-0.4, -0.2) is 43.1 Å². The van der Waals surface area contributed by atoms with Crippen LogP contribution in [0, 0.1) is 10.8 Å². The minimum atomic E-state index is 0.101. The lowest BCUT2D eigenvalue weighted by molar-refractivity contribution is 0.0708. The minimum absolute atomic E-state index is 0.101. The molecule has 6 heteroatoms. The molecule has 1 amide bonds. The largest absolute Gasteiger partial charge is 0.335 e. The Kier molecular flexibility index (Phi) is 3.27. The van der Waals surface area contributed by atoms with E-state index in [0.29, 0.717) is 22.8 Å². The van der Waals surface area contributed by atoms with Crippen LogP contribution in [0.3, 0.4) is 0 Å². The smallest absolute Gasteiger partial charge is 0.255 e. The first-order valence-electron chi connectivity index (χ1n) is 8.47. The lowest BCUT2D eigenvalue weighted by atomic mass is 9.65. The molecule has 24 heavy (non-hydrogen) atoms. The van der Waals surface area contributed by atoms with Crippen LogP contribution in [0.2, 0.25) is 0 Å². The highest BCUT2D eigenvalue weighted by atomic mass is 16.2. The summed E-state index contributed by atoms with van der Waals surface area (Å²) in [6, 6.07) is 4.04. The molecule has 0 aromatic carbocycles. The molecule has 2 aliphatic rings. The van der Waals surface area contributed by atoms with E-state index in [0.717, 1.165) is 19.4 Å². The molecule has 3 heterocycles. The van der Waals surface area contributed by atoms with Gasteiger partial charge in [-0.2, -0.15) is 0 Å². The molecule has 0 N–H and O–H groups in total. The van der Waals surface area contributed by atoms with E-state index < -0.39 is 0 Å². The van der Waals surface area contributed by atoms with Crippen molar-refractivity contribution >= 4 is 5.91 Å². The van der Waals surface area contributed by atoms with Crippen molar-refractivity contribution in [2.24, 2.45) is 10.8 Å². The molecule has 2 fully saturated rings. The van der Waals surface area contributed by atoms with Gasteiger partial charge in [0.15, 0.2) is 0 Å². The average Bonchev–Trinajstić information content (AvgIpc) is 3.12. The molecule has 1 aliphatic carbocycles. The molecule has 2 aromatic rings. The topological polar surface area (TPSA) is 63.9 Å². The van der Waals surface area contributed by atoms with E-state index >= 15 is 0 Å². The van der Waals surface area contributed by atoms with Crippen LogP contribution in [0.4, 0.5) is 0 Å². The number of fused-ring (bicyclic) bond motifs is 2. The first kappa shape index (κ1) is 15.3. The van der Waals surface area contributed by atoms with Crippen molar-refractivity contribution in [3.63, 3.8) is 0 Å². The molecular formula is C18H23N5O. The minimum Gasteiger partial charge on any atom is -0.335 e. The summed E-state index contributed by atoms with van der Waals surface area (Å²) in [4.78, 5) is 19.4. The molecule has 126 valence electrons. The molecule has 2 atom stereocenters. The van der Waals surface area contributed by atoms with Crippen molar-refractivity contribution in [2.45, 2.75) is 46.1 Å². The predicted molar refractivity (Wildman–Crippen MR) is 89.7 cm³/mol. The molecular weight excluding hydrogens is 302 g/mol. The zero-order chi connectivity index (χ0) is 16.9. The monoisotopic (exact) mass is 325 g/mol. The number of hydrogen-bond acceptors (Lipinski definition) is 4. The lowest BCUT2D eigenvalue weighted by Gasteiger charge is -2.39. The zero-order valence-corrected chi connectivity index (χ0v) is 14.4. The number of likely N-dealkylation sites (tertiary alicyclic amines) is 1. The fraction of sp³-hybridized carbons (Fsp3) is 0.556. The van der Waals surface area contributed by atoms with Gasteiger partial charge in [0.2, 0.25) is 0 Å². The van der Waals surface area contributed by atoms with Crippen molar-refractivity contribution < 1.29 is 4.79 Å². The van der Waals surface area contributed by atoms with Crippen LogP contribution >= 0.6 is 0 Å². The standard InChI is InChI=1S/C18H23N5O/c1-17(2)6-14-7-18(3,9-17)10-23(14)16(24)13-4-5-15(19-8-13)22-11-20-21-12-22/h4-5,8,11-12,14H,6-7,9-10H2,1-3H3/t14-,18-/m1/s1. The van der Waals surface area contributed by atoms with Crippen LogP contribution in [0.5, 0.6) is 0 Å². The van der Waals surface area contributed by atoms with Crippen LogP contribution in [-0.2, 0) is 0 Å². The summed E-state index contributed by atoms with van der Waals surface area (Å²) in [5, 5.41) is 7.55. The molecule has 1 saturated heterocycles. The molecule has 2 bridgehead atoms. The number of amides is 1. The molecule has 2 aromatic heterocycles. The number of carbonyl (C=O) groups excluding carboxylic acids is 1. The Balaban J connectivity index is 1.56. The van der Waals surface area contributed by atoms with E-state index in [1.54, 1.807) is 23.4 Å². The summed E-state index contributed by atoms with van der Waals surface area (Å²) in [7, 11) is 0. The fourth-order valence-corrected chi connectivity index (χ4v) is 4.85. The van der Waals surface area contributed by atoms with Crippen LogP contribution < -0.4 is 0 Å². The molecule has 1 aliphatic heterocycles. The Morgan fingerprint density at radius 2 is 1.92 bits per heavy atom. The highest BCUT2D eigenvalue weighted by Crippen LogP contribution is 2.52. The number of hydrogen-bond donors (Lipinski definition) is 0. The maximum absolute atomic E-state index is 13.0. The maximum Gasteiger partial charge on any atom is 0.255 e. The first-order valence-corrected chi connectivity index (χ1v) is 8.47. The van der Waals surface area contributed by atoms with E-state index in [2.05, 4.69) is 40.9 Å². The van der Waals surface area contributed by atoms with Gasteiger partial charge in [-0.15, -0.1) is 10.2 Å². The highest BCUT2D eigenvalue weighted by Gasteiger charge is 2.51. The Hall–Kier alpha value is -2.24. The molecule has 1 saturated carbocycles. The second kappa shape index (κ2) is 5.13. The molecule has 0 radical (unpaired) electrons. The van der Waals surface area contributed by atoms with Gasteiger partial charge in [0.25, 0.3) is 5.91 Å². The summed E-state index contributed by atoms with van der Waals surface area (Å²) in [5.74, 6) is 0.814. The van der Waals surface area contributed by atoms with E-state index in [1.165, 1.54) is 6.42 Å². The van der Waals surface area contributed by atoms with Gasteiger partial charge in [-0.25, -0.2) is 4.98 Å². The second-order valence-corrected chi connectivity index (χ2v) is 8.42. The second-order valence-electron chi connectivity index (χ2n) is 8.42. The Morgan fingerprint density at radius 1 is 1.17 bits per heavy atom. The molecule has 6 nitrogen and oxygen atoms in total. The summed E-state index contributed by atoms with van der Waals surface area (Å²) >= 11 is 0. The Labute approximate surface area is 141 Å². The Bertz CT molecular complexity index is 752. The van der Waals surface area contributed by atoms with Gasteiger partial charge in [0.1, 0.15) is 18.5 Å². The fourth-order valence-electron chi connectivity index (χ4n) is 4.85. The number of aromatic nitrogens is 4. The number of rotatable bonds is 2. The maximum atomic E-state index is 13.0. The van der Waals surface area contributed by atoms with Crippen molar-refractivity contribution in [1.29, 1.82) is 0 Å². The van der Waals surface area contributed by atoms with Crippen molar-refractivity contribution in [2.75, 3.05) is 6.54 Å². The third kappa shape index (κ3) is 2.60. The van der Waals surface area contributed by atoms with Gasteiger partial charge in [-0.1, -0.05) is 20.8 Å². The summed E-state index contributed by atoms with van der Waals surface area (Å²) in [6.45, 7) is 7.82. The summed E-state index contributed by atoms with van der Waals surface area (Å²) < 4.78 is 1.72. The van der Waals surface area contributed by atoms with Crippen molar-refractivity contribution in [3.8, 4) is 5.82 Å². The van der Waals surface area contributed by atoms with Gasteiger partial charge in [-0.05, 0) is 42.2 Å². The van der Waals surface area contributed by atoms with Gasteiger partial charge in [0, 0.05) is 18.8 Å². The van der Waals surface area contributed by atoms with Gasteiger partial charge >= 0.3 is 0 Å². The zero-order valence-electron chi connectivity index (χ0n) is 14.4. The van der Waals surface area contributed by atoms with E-state index in [4.69, 9.17) is 0 Å². The third-order valence-electron chi connectivity index (χ3n) is 5.35. The molecule has 0 spiro atoms. The average molecular weight is 325 g/mol. The predicted octanol–water partition coefficient (Wildman–Crippen LogP) is 2.70. The van der Waals surface area contributed by atoms with Crippen molar-refractivity contribution in [3.05, 3.63) is 36.5 Å². The van der Waals surface area contributed by atoms with Gasteiger partial charge < -0.3 is 4.90 Å². The lowest BCUT2D eigenvalue weighted by Crippen LogP contribution is -2.37. The summed E-state index contributed by atoms with van der Waals surface area (Å²) in [5.41, 5.74) is 1.21. The van der Waals surface area contributed by atoms with Crippen LogP contribution in [0.15, 0.2) is 31.0 Å². The van der Waals surface area contributed by atoms with Gasteiger partial charge in [0.05, 0.1) is 5.56 Å². The first-order chi connectivity index (χ1) is 11.4. The normalized spacial score (nSPS) is 28.1. The summed E-state index contributed by atoms with van der Waals surface area (Å²) in [6.07, 6.45) is 8.24. The quantitative estimate of drug-likeness (QED) is 0.851. The number of pyridine rings is 1. The molecule has 4 rings (SSSR count). The van der Waals surface area contributed by atoms with E-state index in [1.807, 2.05) is 12.1 Å². The molecule has 0 unspecified atom stereocenters. The Morgan fingerprint density at radius 3 is 2.58 bits per heavy atom.